The Kier molecular flexibility index (Phi) is 4.00. The Morgan fingerprint density at radius 1 is 1.37 bits per heavy atom. The van der Waals surface area contributed by atoms with Crippen molar-refractivity contribution in [2.75, 3.05) is 14.1 Å². The molecule has 0 bridgehead atoms. The van der Waals surface area contributed by atoms with E-state index in [0.29, 0.717) is 23.0 Å². The lowest BCUT2D eigenvalue weighted by Gasteiger charge is -2.14. The van der Waals surface area contributed by atoms with Crippen LogP contribution in [0.5, 0.6) is 5.88 Å². The highest BCUT2D eigenvalue weighted by Gasteiger charge is 2.18. The molecule has 2 aromatic rings. The Hall–Kier alpha value is -2.09. The van der Waals surface area contributed by atoms with Gasteiger partial charge in [-0.05, 0) is 30.4 Å². The molecule has 0 unspecified atom stereocenters. The van der Waals surface area contributed by atoms with Crippen LogP contribution in [0.3, 0.4) is 0 Å². The highest BCUT2D eigenvalue weighted by Crippen LogP contribution is 2.35. The summed E-state index contributed by atoms with van der Waals surface area (Å²) >= 11 is 0. The number of fused-ring (bicyclic) bond motifs is 1. The van der Waals surface area contributed by atoms with Gasteiger partial charge in [0.1, 0.15) is 5.69 Å². The second kappa shape index (κ2) is 5.70. The van der Waals surface area contributed by atoms with E-state index in [1.165, 1.54) is 0 Å². The normalized spacial score (nSPS) is 10.9. The molecule has 1 heterocycles. The Morgan fingerprint density at radius 3 is 2.74 bits per heavy atom. The minimum Gasteiger partial charge on any atom is -0.305 e. The van der Waals surface area contributed by atoms with Gasteiger partial charge in [0.25, 0.3) is 5.88 Å². The molecule has 100 valence electrons. The summed E-state index contributed by atoms with van der Waals surface area (Å²) in [5.74, 6) is 0.0181. The van der Waals surface area contributed by atoms with E-state index < -0.39 is 0 Å². The van der Waals surface area contributed by atoms with Crippen LogP contribution in [0.2, 0.25) is 0 Å². The van der Waals surface area contributed by atoms with Crippen LogP contribution in [0.15, 0.2) is 29.4 Å². The number of nitroso groups, excluding NO2 is 1. The number of nitrogens with zero attached hydrogens (tertiary/aromatic N) is 3. The molecule has 1 aromatic heterocycles. The molecule has 0 saturated heterocycles. The quantitative estimate of drug-likeness (QED) is 0.506. The predicted octanol–water partition coefficient (Wildman–Crippen LogP) is 2.48. The second-order valence-electron chi connectivity index (χ2n) is 4.25. The van der Waals surface area contributed by atoms with Crippen molar-refractivity contribution in [3.63, 3.8) is 0 Å². The van der Waals surface area contributed by atoms with Crippen LogP contribution in [0, 0.1) is 4.91 Å². The summed E-state index contributed by atoms with van der Waals surface area (Å²) < 4.78 is 0. The number of hydrogen-bond acceptors (Lipinski definition) is 7. The van der Waals surface area contributed by atoms with Crippen molar-refractivity contribution in [1.82, 2.24) is 9.88 Å². The summed E-state index contributed by atoms with van der Waals surface area (Å²) in [6, 6.07) is 7.04. The summed E-state index contributed by atoms with van der Waals surface area (Å²) in [6.45, 7) is 0.373. The molecule has 0 aliphatic heterocycles. The van der Waals surface area contributed by atoms with Crippen LogP contribution in [-0.4, -0.2) is 29.2 Å². The first kappa shape index (κ1) is 13.3. The maximum absolute atomic E-state index is 11.1. The Labute approximate surface area is 109 Å². The molecule has 19 heavy (non-hydrogen) atoms. The van der Waals surface area contributed by atoms with Gasteiger partial charge in [-0.1, -0.05) is 18.2 Å². The van der Waals surface area contributed by atoms with Crippen molar-refractivity contribution < 1.29 is 15.2 Å². The molecule has 0 aliphatic rings. The fourth-order valence-electron chi connectivity index (χ4n) is 1.88. The summed E-state index contributed by atoms with van der Waals surface area (Å²) in [4.78, 5) is 21.7. The highest BCUT2D eigenvalue weighted by molar-refractivity contribution is 5.92. The zero-order chi connectivity index (χ0) is 13.8. The largest absolute Gasteiger partial charge is 0.305 e. The first-order valence-electron chi connectivity index (χ1n) is 5.55. The van der Waals surface area contributed by atoms with E-state index in [9.17, 15) is 4.91 Å². The van der Waals surface area contributed by atoms with Gasteiger partial charge in [0.15, 0.2) is 0 Å². The lowest BCUT2D eigenvalue weighted by atomic mass is 10.1. The number of rotatable bonds is 5. The molecule has 0 fully saturated rings. The number of pyridine rings is 1. The van der Waals surface area contributed by atoms with Crippen molar-refractivity contribution in [3.8, 4) is 5.88 Å². The van der Waals surface area contributed by atoms with E-state index in [0.717, 1.165) is 0 Å². The lowest BCUT2D eigenvalue weighted by Crippen LogP contribution is -2.13. The smallest absolute Gasteiger partial charge is 0.266 e. The van der Waals surface area contributed by atoms with Crippen molar-refractivity contribution in [3.05, 3.63) is 34.7 Å². The average molecular weight is 263 g/mol. The highest BCUT2D eigenvalue weighted by atomic mass is 17.5. The van der Waals surface area contributed by atoms with Gasteiger partial charge in [-0.3, -0.25) is 4.89 Å². The molecule has 0 amide bonds. The molecule has 1 aromatic carbocycles. The zero-order valence-corrected chi connectivity index (χ0v) is 10.5. The third-order valence-electron chi connectivity index (χ3n) is 2.61. The van der Waals surface area contributed by atoms with Crippen molar-refractivity contribution in [2.24, 2.45) is 5.18 Å². The van der Waals surface area contributed by atoms with Gasteiger partial charge in [-0.25, -0.2) is 10.2 Å². The van der Waals surface area contributed by atoms with Gasteiger partial charge in [-0.15, -0.1) is 4.91 Å². The van der Waals surface area contributed by atoms with Gasteiger partial charge < -0.3 is 4.90 Å². The number of benzene rings is 1. The zero-order valence-electron chi connectivity index (χ0n) is 10.5. The third-order valence-corrected chi connectivity index (χ3v) is 2.61. The summed E-state index contributed by atoms with van der Waals surface area (Å²) in [7, 11) is 3.65. The molecule has 0 atom stereocenters. The molecule has 0 radical (unpaired) electrons. The van der Waals surface area contributed by atoms with E-state index >= 15 is 0 Å². The number of aromatic nitrogens is 1. The molecule has 7 heteroatoms. The molecule has 0 spiro atoms. The Bertz CT molecular complexity index is 601. The Balaban J connectivity index is 2.71. The first-order chi connectivity index (χ1) is 9.17. The third kappa shape index (κ3) is 2.68. The maximum Gasteiger partial charge on any atom is 0.266 e. The molecule has 0 saturated carbocycles. The summed E-state index contributed by atoms with van der Waals surface area (Å²) in [5.41, 5.74) is 1.21. The van der Waals surface area contributed by atoms with Crippen molar-refractivity contribution in [1.29, 1.82) is 0 Å². The summed E-state index contributed by atoms with van der Waals surface area (Å²) in [5, 5.41) is 15.8. The van der Waals surface area contributed by atoms with E-state index in [2.05, 4.69) is 20.1 Å². The fourth-order valence-corrected chi connectivity index (χ4v) is 1.88. The molecular formula is C12H13N3O4. The minimum absolute atomic E-state index is 0.0181. The molecular weight excluding hydrogens is 250 g/mol. The minimum atomic E-state index is 0.0181. The SMILES string of the molecule is CN(C)Cc1c(OOO)nc2ccccc2c1N=O. The average Bonchev–Trinajstić information content (AvgIpc) is 2.39. The van der Waals surface area contributed by atoms with Gasteiger partial charge in [-0.2, -0.15) is 0 Å². The van der Waals surface area contributed by atoms with Crippen molar-refractivity contribution >= 4 is 16.6 Å². The van der Waals surface area contributed by atoms with E-state index in [1.54, 1.807) is 24.3 Å². The van der Waals surface area contributed by atoms with Crippen LogP contribution in [0.1, 0.15) is 5.56 Å². The van der Waals surface area contributed by atoms with Crippen LogP contribution in [0.4, 0.5) is 5.69 Å². The molecule has 2 rings (SSSR count). The van der Waals surface area contributed by atoms with E-state index in [-0.39, 0.29) is 11.6 Å². The second-order valence-corrected chi connectivity index (χ2v) is 4.25. The number of hydrogen-bond donors (Lipinski definition) is 1. The summed E-state index contributed by atoms with van der Waals surface area (Å²) in [6.07, 6.45) is 0. The molecule has 7 nitrogen and oxygen atoms in total. The lowest BCUT2D eigenvalue weighted by molar-refractivity contribution is -0.440. The maximum atomic E-state index is 11.1. The first-order valence-corrected chi connectivity index (χ1v) is 5.55. The fraction of sp³-hybridized carbons (Fsp3) is 0.250. The van der Waals surface area contributed by atoms with Gasteiger partial charge >= 0.3 is 0 Å². The van der Waals surface area contributed by atoms with Crippen LogP contribution < -0.4 is 4.89 Å². The number of para-hydroxylation sites is 1. The molecule has 0 aliphatic carbocycles. The van der Waals surface area contributed by atoms with E-state index in [4.69, 9.17) is 5.26 Å². The van der Waals surface area contributed by atoms with Crippen molar-refractivity contribution in [2.45, 2.75) is 6.54 Å². The standard InChI is InChI=1S/C12H13N3O4/c1-15(2)7-9-11(14-16)8-5-3-4-6-10(8)13-12(9)18-19-17/h3-6,17H,7H2,1-2H3. The monoisotopic (exact) mass is 263 g/mol. The van der Waals surface area contributed by atoms with Crippen LogP contribution in [0.25, 0.3) is 10.9 Å². The Morgan fingerprint density at radius 2 is 2.11 bits per heavy atom. The predicted molar refractivity (Wildman–Crippen MR) is 68.9 cm³/mol. The van der Waals surface area contributed by atoms with Gasteiger partial charge in [0.2, 0.25) is 0 Å². The van der Waals surface area contributed by atoms with Crippen LogP contribution in [-0.2, 0) is 11.6 Å². The van der Waals surface area contributed by atoms with Crippen LogP contribution >= 0.6 is 0 Å². The van der Waals surface area contributed by atoms with Gasteiger partial charge in [0.05, 0.1) is 11.1 Å². The van der Waals surface area contributed by atoms with E-state index in [1.807, 2.05) is 19.0 Å². The topological polar surface area (TPSA) is 84.2 Å². The molecule has 1 N–H and O–H groups in total. The van der Waals surface area contributed by atoms with Gasteiger partial charge in [0, 0.05) is 11.9 Å².